The second-order valence-electron chi connectivity index (χ2n) is 6.86. The van der Waals surface area contributed by atoms with Crippen LogP contribution in [-0.2, 0) is 27.5 Å². The van der Waals surface area contributed by atoms with E-state index in [9.17, 15) is 9.59 Å². The maximum absolute atomic E-state index is 11.7. The summed E-state index contributed by atoms with van der Waals surface area (Å²) in [5.74, 6) is -0.0414. The van der Waals surface area contributed by atoms with Crippen molar-refractivity contribution in [3.63, 3.8) is 0 Å². The zero-order valence-electron chi connectivity index (χ0n) is 16.2. The lowest BCUT2D eigenvalue weighted by Gasteiger charge is -2.26. The minimum absolute atomic E-state index is 0.185. The molecule has 0 bridgehead atoms. The minimum atomic E-state index is -0.373. The molecule has 156 valence electrons. The van der Waals surface area contributed by atoms with Crippen molar-refractivity contribution < 1.29 is 14.3 Å². The van der Waals surface area contributed by atoms with Crippen molar-refractivity contribution in [2.45, 2.75) is 26.6 Å². The highest BCUT2D eigenvalue weighted by atomic mass is 35.5. The van der Waals surface area contributed by atoms with Gasteiger partial charge in [0.05, 0.1) is 30.1 Å². The number of aliphatic imine (C=N–C) groups is 1. The SMILES string of the molecule is CC(=O)NC(=O)CCSN1C=C(c2c(Cl)cc3c4c(cccc24)COC3)N=C(N)N1. The molecule has 2 heterocycles. The quantitative estimate of drug-likeness (QED) is 0.607. The minimum Gasteiger partial charge on any atom is -0.372 e. The Hall–Kier alpha value is -2.75. The number of benzene rings is 2. The fourth-order valence-corrected chi connectivity index (χ4v) is 4.64. The molecule has 0 atom stereocenters. The van der Waals surface area contributed by atoms with Crippen LogP contribution in [0, 0.1) is 0 Å². The van der Waals surface area contributed by atoms with E-state index >= 15 is 0 Å². The van der Waals surface area contributed by atoms with Crippen LogP contribution in [0.2, 0.25) is 5.02 Å². The zero-order valence-corrected chi connectivity index (χ0v) is 17.8. The van der Waals surface area contributed by atoms with E-state index in [2.05, 4.69) is 15.7 Å². The summed E-state index contributed by atoms with van der Waals surface area (Å²) in [6.45, 7) is 2.38. The van der Waals surface area contributed by atoms with Crippen LogP contribution in [-0.4, -0.2) is 27.9 Å². The smallest absolute Gasteiger partial charge is 0.227 e. The summed E-state index contributed by atoms with van der Waals surface area (Å²) >= 11 is 7.99. The predicted molar refractivity (Wildman–Crippen MR) is 118 cm³/mol. The van der Waals surface area contributed by atoms with E-state index in [0.29, 0.717) is 29.7 Å². The Balaban J connectivity index is 1.62. The monoisotopic (exact) mass is 445 g/mol. The Labute approximate surface area is 182 Å². The molecule has 0 unspecified atom stereocenters. The van der Waals surface area contributed by atoms with Crippen LogP contribution < -0.4 is 16.5 Å². The number of nitrogens with two attached hydrogens (primary N) is 1. The summed E-state index contributed by atoms with van der Waals surface area (Å²) in [5, 5.41) is 4.95. The van der Waals surface area contributed by atoms with Crippen molar-refractivity contribution >= 4 is 57.8 Å². The molecule has 0 aliphatic carbocycles. The van der Waals surface area contributed by atoms with Crippen molar-refractivity contribution in [2.75, 3.05) is 5.75 Å². The van der Waals surface area contributed by atoms with Gasteiger partial charge in [-0.1, -0.05) is 29.8 Å². The third-order valence-electron chi connectivity index (χ3n) is 4.63. The summed E-state index contributed by atoms with van der Waals surface area (Å²) in [4.78, 5) is 27.1. The predicted octanol–water partition coefficient (Wildman–Crippen LogP) is 2.66. The average Bonchev–Trinajstić information content (AvgIpc) is 2.67. The number of nitrogens with zero attached hydrogens (tertiary/aromatic N) is 2. The summed E-state index contributed by atoms with van der Waals surface area (Å²) in [6, 6.07) is 7.96. The van der Waals surface area contributed by atoms with E-state index < -0.39 is 0 Å². The lowest BCUT2D eigenvalue weighted by Crippen LogP contribution is -2.42. The van der Waals surface area contributed by atoms with Crippen LogP contribution in [0.1, 0.15) is 30.0 Å². The number of hydrogen-bond acceptors (Lipinski definition) is 8. The number of rotatable bonds is 5. The van der Waals surface area contributed by atoms with Gasteiger partial charge in [-0.15, -0.1) is 0 Å². The van der Waals surface area contributed by atoms with Crippen molar-refractivity contribution in [1.82, 2.24) is 15.2 Å². The molecule has 0 spiro atoms. The fraction of sp³-hybridized carbons (Fsp3) is 0.250. The van der Waals surface area contributed by atoms with E-state index in [0.717, 1.165) is 27.5 Å². The van der Waals surface area contributed by atoms with Crippen LogP contribution in [0.3, 0.4) is 0 Å². The number of ether oxygens (including phenoxy) is 1. The van der Waals surface area contributed by atoms with Crippen molar-refractivity contribution in [3.05, 3.63) is 52.2 Å². The van der Waals surface area contributed by atoms with E-state index in [1.54, 1.807) is 10.6 Å². The molecule has 4 rings (SSSR count). The number of halogens is 1. The summed E-state index contributed by atoms with van der Waals surface area (Å²) in [5.41, 5.74) is 12.5. The van der Waals surface area contributed by atoms with Crippen LogP contribution in [0.25, 0.3) is 16.5 Å². The highest BCUT2D eigenvalue weighted by Gasteiger charge is 2.22. The van der Waals surface area contributed by atoms with E-state index in [4.69, 9.17) is 22.1 Å². The first-order valence-electron chi connectivity index (χ1n) is 9.28. The number of hydrazine groups is 1. The van der Waals surface area contributed by atoms with Gasteiger partial charge in [0.25, 0.3) is 0 Å². The van der Waals surface area contributed by atoms with Crippen LogP contribution in [0.5, 0.6) is 0 Å². The second kappa shape index (κ2) is 8.55. The molecule has 0 saturated heterocycles. The number of hydrogen-bond donors (Lipinski definition) is 3. The highest BCUT2D eigenvalue weighted by molar-refractivity contribution is 7.97. The van der Waals surface area contributed by atoms with Gasteiger partial charge in [0, 0.05) is 24.7 Å². The van der Waals surface area contributed by atoms with E-state index in [1.165, 1.54) is 18.9 Å². The van der Waals surface area contributed by atoms with Crippen molar-refractivity contribution in [2.24, 2.45) is 10.7 Å². The van der Waals surface area contributed by atoms with Gasteiger partial charge in [0.2, 0.25) is 17.8 Å². The van der Waals surface area contributed by atoms with Crippen LogP contribution >= 0.6 is 23.5 Å². The Bertz CT molecular complexity index is 1100. The highest BCUT2D eigenvalue weighted by Crippen LogP contribution is 2.39. The van der Waals surface area contributed by atoms with Gasteiger partial charge >= 0.3 is 0 Å². The summed E-state index contributed by atoms with van der Waals surface area (Å²) in [7, 11) is 0. The zero-order chi connectivity index (χ0) is 21.3. The molecular weight excluding hydrogens is 426 g/mol. The second-order valence-corrected chi connectivity index (χ2v) is 8.33. The standard InChI is InChI=1S/C20H20ClN5O3S/c1-11(27)23-17(28)5-6-30-26-8-16(24-20(22)25-26)19-14-4-2-3-12-9-29-10-13(18(12)14)7-15(19)21/h2-4,7-8H,5-6,9-10H2,1H3,(H3,22,24,25)(H,23,27,28). The number of guanidine groups is 1. The maximum atomic E-state index is 11.7. The maximum Gasteiger partial charge on any atom is 0.227 e. The first-order valence-corrected chi connectivity index (χ1v) is 10.6. The average molecular weight is 446 g/mol. The van der Waals surface area contributed by atoms with E-state index in [1.807, 2.05) is 24.3 Å². The number of amides is 2. The van der Waals surface area contributed by atoms with Gasteiger partial charge in [0.1, 0.15) is 0 Å². The summed E-state index contributed by atoms with van der Waals surface area (Å²) in [6.07, 6.45) is 1.98. The van der Waals surface area contributed by atoms with Gasteiger partial charge in [-0.25, -0.2) is 9.41 Å². The Morgan fingerprint density at radius 2 is 2.17 bits per heavy atom. The van der Waals surface area contributed by atoms with Crippen molar-refractivity contribution in [3.8, 4) is 0 Å². The summed E-state index contributed by atoms with van der Waals surface area (Å²) < 4.78 is 7.34. The number of nitrogens with one attached hydrogen (secondary N) is 2. The fourth-order valence-electron chi connectivity index (χ4n) is 3.50. The van der Waals surface area contributed by atoms with Gasteiger partial charge in [-0.3, -0.25) is 20.3 Å². The molecule has 2 aromatic rings. The van der Waals surface area contributed by atoms with Crippen molar-refractivity contribution in [1.29, 1.82) is 0 Å². The molecule has 8 nitrogen and oxygen atoms in total. The molecule has 2 amide bonds. The molecule has 0 radical (unpaired) electrons. The molecule has 4 N–H and O–H groups in total. The molecular formula is C20H20ClN5O3S. The van der Waals surface area contributed by atoms with Crippen LogP contribution in [0.15, 0.2) is 35.5 Å². The lowest BCUT2D eigenvalue weighted by molar-refractivity contribution is -0.128. The number of carbonyl (C=O) groups is 2. The van der Waals surface area contributed by atoms with Crippen LogP contribution in [0.4, 0.5) is 0 Å². The first-order chi connectivity index (χ1) is 14.4. The molecule has 0 aromatic heterocycles. The molecule has 0 fully saturated rings. The van der Waals surface area contributed by atoms with Gasteiger partial charge in [-0.2, -0.15) is 0 Å². The first kappa shape index (κ1) is 20.5. The topological polar surface area (TPSA) is 109 Å². The lowest BCUT2D eigenvalue weighted by atomic mass is 9.93. The van der Waals surface area contributed by atoms with Gasteiger partial charge in [0.15, 0.2) is 0 Å². The normalized spacial score (nSPS) is 15.3. The largest absolute Gasteiger partial charge is 0.372 e. The number of carbonyl (C=O) groups excluding carboxylic acids is 2. The Kier molecular flexibility index (Phi) is 5.85. The Morgan fingerprint density at radius 1 is 1.37 bits per heavy atom. The molecule has 2 aliphatic rings. The third-order valence-corrected chi connectivity index (χ3v) is 5.79. The Morgan fingerprint density at radius 3 is 2.97 bits per heavy atom. The van der Waals surface area contributed by atoms with E-state index in [-0.39, 0.29) is 24.2 Å². The molecule has 0 saturated carbocycles. The van der Waals surface area contributed by atoms with Gasteiger partial charge < -0.3 is 10.5 Å². The van der Waals surface area contributed by atoms with Gasteiger partial charge in [-0.05, 0) is 39.9 Å². The number of imide groups is 1. The molecule has 10 heteroatoms. The third kappa shape index (κ3) is 4.23. The molecule has 2 aliphatic heterocycles. The molecule has 2 aromatic carbocycles. The molecule has 30 heavy (non-hydrogen) atoms.